The number of amides is 2. The Morgan fingerprint density at radius 1 is 1.47 bits per heavy atom. The Bertz CT molecular complexity index is 398. The van der Waals surface area contributed by atoms with Crippen LogP contribution in [0.5, 0.6) is 0 Å². The molecule has 0 radical (unpaired) electrons. The lowest BCUT2D eigenvalue weighted by molar-refractivity contribution is 0.0703. The number of carboxylic acid groups (broad SMARTS) is 1. The van der Waals surface area contributed by atoms with E-state index in [4.69, 9.17) is 5.11 Å². The van der Waals surface area contributed by atoms with E-state index >= 15 is 0 Å². The number of urea groups is 1. The monoisotopic (exact) mass is 228 g/mol. The van der Waals surface area contributed by atoms with Crippen molar-refractivity contribution in [2.45, 2.75) is 6.92 Å². The second-order valence-corrected chi connectivity index (χ2v) is 4.13. The number of nitrogens with one attached hydrogen (secondary N) is 1. The Morgan fingerprint density at radius 2 is 2.07 bits per heavy atom. The lowest BCUT2D eigenvalue weighted by Gasteiger charge is -2.12. The van der Waals surface area contributed by atoms with Crippen LogP contribution >= 0.6 is 11.3 Å². The summed E-state index contributed by atoms with van der Waals surface area (Å²) < 4.78 is 0. The van der Waals surface area contributed by atoms with E-state index in [1.807, 2.05) is 0 Å². The summed E-state index contributed by atoms with van der Waals surface area (Å²) in [6, 6.07) is -0.334. The van der Waals surface area contributed by atoms with E-state index in [0.717, 1.165) is 16.9 Å². The fourth-order valence-electron chi connectivity index (χ4n) is 0.976. The molecular weight excluding hydrogens is 216 g/mol. The van der Waals surface area contributed by atoms with Gasteiger partial charge in [0, 0.05) is 14.1 Å². The summed E-state index contributed by atoms with van der Waals surface area (Å²) in [5, 5.41) is 13.1. The Morgan fingerprint density at radius 3 is 2.53 bits per heavy atom. The highest BCUT2D eigenvalue weighted by molar-refractivity contribution is 7.12. The minimum absolute atomic E-state index is 0.155. The highest BCUT2D eigenvalue weighted by atomic mass is 32.1. The molecular formula is C9H12N2O3S. The molecule has 1 heterocycles. The molecule has 0 aliphatic carbocycles. The van der Waals surface area contributed by atoms with Gasteiger partial charge in [0.15, 0.2) is 0 Å². The Labute approximate surface area is 91.3 Å². The lowest BCUT2D eigenvalue weighted by Crippen LogP contribution is -2.28. The Kier molecular flexibility index (Phi) is 3.31. The van der Waals surface area contributed by atoms with Crippen molar-refractivity contribution in [3.63, 3.8) is 0 Å². The summed E-state index contributed by atoms with van der Waals surface area (Å²) in [7, 11) is 3.19. The number of hydrogen-bond donors (Lipinski definition) is 2. The van der Waals surface area contributed by atoms with Gasteiger partial charge in [0.2, 0.25) is 0 Å². The first-order valence-electron chi connectivity index (χ1n) is 4.23. The van der Waals surface area contributed by atoms with E-state index in [0.29, 0.717) is 5.69 Å². The molecule has 0 saturated carbocycles. The van der Waals surface area contributed by atoms with Crippen molar-refractivity contribution in [3.8, 4) is 0 Å². The summed E-state index contributed by atoms with van der Waals surface area (Å²) in [5.41, 5.74) is 1.14. The van der Waals surface area contributed by atoms with E-state index < -0.39 is 5.97 Å². The molecule has 0 saturated heterocycles. The molecule has 0 spiro atoms. The zero-order valence-corrected chi connectivity index (χ0v) is 9.51. The van der Waals surface area contributed by atoms with E-state index in [1.165, 1.54) is 4.90 Å². The largest absolute Gasteiger partial charge is 0.477 e. The standard InChI is InChI=1S/C9H12N2O3S/c1-5-4-15-7(8(12)13)6(5)10-9(14)11(2)3/h4H,1-3H3,(H,10,14)(H,12,13). The number of aryl methyl sites for hydroxylation is 1. The van der Waals surface area contributed by atoms with E-state index in [9.17, 15) is 9.59 Å². The zero-order chi connectivity index (χ0) is 11.6. The molecule has 2 amide bonds. The van der Waals surface area contributed by atoms with Gasteiger partial charge in [0.1, 0.15) is 4.88 Å². The van der Waals surface area contributed by atoms with E-state index in [-0.39, 0.29) is 10.9 Å². The maximum Gasteiger partial charge on any atom is 0.348 e. The molecule has 0 fully saturated rings. The van der Waals surface area contributed by atoms with Crippen LogP contribution in [0.3, 0.4) is 0 Å². The normalized spacial score (nSPS) is 9.80. The SMILES string of the molecule is Cc1csc(C(=O)O)c1NC(=O)N(C)C. The van der Waals surface area contributed by atoms with Crippen LogP contribution < -0.4 is 5.32 Å². The number of hydrogen-bond acceptors (Lipinski definition) is 3. The number of carboxylic acids is 1. The quantitative estimate of drug-likeness (QED) is 0.811. The second-order valence-electron chi connectivity index (χ2n) is 3.25. The highest BCUT2D eigenvalue weighted by Gasteiger charge is 2.17. The molecule has 0 aromatic carbocycles. The molecule has 2 N–H and O–H groups in total. The first kappa shape index (κ1) is 11.5. The van der Waals surface area contributed by atoms with Crippen LogP contribution in [0.15, 0.2) is 5.38 Å². The zero-order valence-electron chi connectivity index (χ0n) is 8.70. The average molecular weight is 228 g/mol. The van der Waals surface area contributed by atoms with Gasteiger partial charge in [-0.25, -0.2) is 9.59 Å². The van der Waals surface area contributed by atoms with Gasteiger partial charge in [-0.15, -0.1) is 11.3 Å². The number of carbonyl (C=O) groups excluding carboxylic acids is 1. The van der Waals surface area contributed by atoms with Gasteiger partial charge in [0.25, 0.3) is 0 Å². The number of nitrogens with zero attached hydrogens (tertiary/aromatic N) is 1. The van der Waals surface area contributed by atoms with Gasteiger partial charge in [-0.1, -0.05) is 0 Å². The number of carbonyl (C=O) groups is 2. The molecule has 0 bridgehead atoms. The smallest absolute Gasteiger partial charge is 0.348 e. The third kappa shape index (κ3) is 2.47. The average Bonchev–Trinajstić information content (AvgIpc) is 2.48. The number of anilines is 1. The third-order valence-corrected chi connectivity index (χ3v) is 2.89. The van der Waals surface area contributed by atoms with Crippen LogP contribution in [0.2, 0.25) is 0 Å². The van der Waals surface area contributed by atoms with E-state index in [1.54, 1.807) is 26.4 Å². The predicted octanol–water partition coefficient (Wildman–Crippen LogP) is 1.85. The molecule has 1 aromatic rings. The van der Waals surface area contributed by atoms with Gasteiger partial charge >= 0.3 is 12.0 Å². The summed E-state index contributed by atoms with van der Waals surface area (Å²) in [6.07, 6.45) is 0. The summed E-state index contributed by atoms with van der Waals surface area (Å²) in [6.45, 7) is 1.76. The molecule has 82 valence electrons. The first-order valence-corrected chi connectivity index (χ1v) is 5.11. The second kappa shape index (κ2) is 4.31. The van der Waals surface area contributed by atoms with Crippen molar-refractivity contribution in [3.05, 3.63) is 15.8 Å². The van der Waals surface area contributed by atoms with Crippen LogP contribution in [-0.4, -0.2) is 36.1 Å². The van der Waals surface area contributed by atoms with Crippen molar-refractivity contribution in [1.29, 1.82) is 0 Å². The van der Waals surface area contributed by atoms with Crippen LogP contribution in [0.4, 0.5) is 10.5 Å². The van der Waals surface area contributed by atoms with Gasteiger partial charge < -0.3 is 15.3 Å². The molecule has 1 rings (SSSR count). The van der Waals surface area contributed by atoms with E-state index in [2.05, 4.69) is 5.32 Å². The van der Waals surface area contributed by atoms with Gasteiger partial charge in [-0.2, -0.15) is 0 Å². The lowest BCUT2D eigenvalue weighted by atomic mass is 10.2. The predicted molar refractivity (Wildman–Crippen MR) is 58.7 cm³/mol. The van der Waals surface area contributed by atoms with Crippen LogP contribution in [0.1, 0.15) is 15.2 Å². The molecule has 0 unspecified atom stereocenters. The molecule has 0 atom stereocenters. The summed E-state index contributed by atoms with van der Waals surface area (Å²) in [5.74, 6) is -1.03. The fraction of sp³-hybridized carbons (Fsp3) is 0.333. The maximum absolute atomic E-state index is 11.4. The Balaban J connectivity index is 2.98. The molecule has 15 heavy (non-hydrogen) atoms. The number of aromatic carboxylic acids is 1. The molecule has 0 aliphatic rings. The highest BCUT2D eigenvalue weighted by Crippen LogP contribution is 2.27. The fourth-order valence-corrected chi connectivity index (χ4v) is 1.82. The minimum Gasteiger partial charge on any atom is -0.477 e. The van der Waals surface area contributed by atoms with Gasteiger partial charge in [-0.3, -0.25) is 0 Å². The van der Waals surface area contributed by atoms with Crippen LogP contribution in [0, 0.1) is 6.92 Å². The van der Waals surface area contributed by atoms with Gasteiger partial charge in [0.05, 0.1) is 5.69 Å². The molecule has 1 aromatic heterocycles. The van der Waals surface area contributed by atoms with Crippen LogP contribution in [-0.2, 0) is 0 Å². The summed E-state index contributed by atoms with van der Waals surface area (Å²) >= 11 is 1.11. The molecule has 5 nitrogen and oxygen atoms in total. The molecule has 6 heteroatoms. The van der Waals surface area contributed by atoms with Crippen molar-refractivity contribution < 1.29 is 14.7 Å². The van der Waals surface area contributed by atoms with Crippen molar-refractivity contribution >= 4 is 29.0 Å². The third-order valence-electron chi connectivity index (χ3n) is 1.81. The Hall–Kier alpha value is -1.56. The van der Waals surface area contributed by atoms with Crippen molar-refractivity contribution in [1.82, 2.24) is 4.90 Å². The summed E-state index contributed by atoms with van der Waals surface area (Å²) in [4.78, 5) is 23.7. The molecule has 0 aliphatic heterocycles. The van der Waals surface area contributed by atoms with Crippen molar-refractivity contribution in [2.24, 2.45) is 0 Å². The van der Waals surface area contributed by atoms with Gasteiger partial charge in [-0.05, 0) is 17.9 Å². The van der Waals surface area contributed by atoms with Crippen molar-refractivity contribution in [2.75, 3.05) is 19.4 Å². The van der Waals surface area contributed by atoms with Crippen LogP contribution in [0.25, 0.3) is 0 Å². The number of rotatable bonds is 2. The topological polar surface area (TPSA) is 69.6 Å². The minimum atomic E-state index is -1.03. The first-order chi connectivity index (χ1) is 6.93. The maximum atomic E-state index is 11.4. The number of thiophene rings is 1.